The Hall–Kier alpha value is -1.29. The van der Waals surface area contributed by atoms with Crippen LogP contribution in [-0.4, -0.2) is 66.4 Å². The molecule has 0 aliphatic carbocycles. The van der Waals surface area contributed by atoms with Crippen molar-refractivity contribution >= 4 is 23.9 Å². The summed E-state index contributed by atoms with van der Waals surface area (Å²) in [6, 6.07) is -0.536. The van der Waals surface area contributed by atoms with Crippen molar-refractivity contribution in [1.82, 2.24) is 10.2 Å². The van der Waals surface area contributed by atoms with E-state index in [1.807, 2.05) is 0 Å². The van der Waals surface area contributed by atoms with Gasteiger partial charge in [-0.3, -0.25) is 9.69 Å². The second-order valence-electron chi connectivity index (χ2n) is 3.81. The highest BCUT2D eigenvalue weighted by Gasteiger charge is 2.38. The number of alkyl halides is 2. The highest BCUT2D eigenvalue weighted by atomic mass is 35.5. The molecule has 1 saturated heterocycles. The average molecular weight is 331 g/mol. The molecule has 1 aliphatic heterocycles. The number of ether oxygens (including phenoxy) is 1. The predicted octanol–water partition coefficient (Wildman–Crippen LogP) is 0.258. The summed E-state index contributed by atoms with van der Waals surface area (Å²) in [7, 11) is 1.41. The lowest BCUT2D eigenvalue weighted by molar-refractivity contribution is -0.104. The number of aliphatic hydroxyl groups is 2. The monoisotopic (exact) mass is 330 g/mol. The number of nitrogens with zero attached hydrogens (tertiary/aromatic N) is 1. The van der Waals surface area contributed by atoms with Gasteiger partial charge in [-0.2, -0.15) is 0 Å². The predicted molar refractivity (Wildman–Crippen MR) is 69.7 cm³/mol. The molecule has 0 aromatic carbocycles. The maximum atomic E-state index is 11.6. The number of rotatable bonds is 4. The lowest BCUT2D eigenvalue weighted by Gasteiger charge is -2.24. The second-order valence-corrected chi connectivity index (χ2v) is 4.25. The molecule has 10 heteroatoms. The number of carbonyl (C=O) groups excluding carboxylic acids is 2. The molecule has 3 N–H and O–H groups in total. The topological polar surface area (TPSA) is 99.1 Å². The highest BCUT2D eigenvalue weighted by Crippen LogP contribution is 2.24. The first-order valence-electron chi connectivity index (χ1n) is 5.83. The molecule has 1 aliphatic rings. The van der Waals surface area contributed by atoms with Crippen LogP contribution in [0.5, 0.6) is 0 Å². The highest BCUT2D eigenvalue weighted by molar-refractivity contribution is 6.38. The van der Waals surface area contributed by atoms with Crippen molar-refractivity contribution < 1.29 is 33.3 Å². The van der Waals surface area contributed by atoms with E-state index in [0.717, 1.165) is 11.1 Å². The van der Waals surface area contributed by atoms with E-state index in [1.54, 1.807) is 0 Å². The minimum atomic E-state index is -1.75. The number of allylic oxidation sites excluding steroid dienone is 1. The summed E-state index contributed by atoms with van der Waals surface area (Å²) in [5, 5.41) is 20.7. The first kappa shape index (κ1) is 19.7. The zero-order valence-electron chi connectivity index (χ0n) is 11.2. The lowest BCUT2D eigenvalue weighted by atomic mass is 10.2. The third-order valence-electron chi connectivity index (χ3n) is 2.52. The molecule has 0 saturated carbocycles. The second kappa shape index (κ2) is 10.4. The Labute approximate surface area is 125 Å². The normalized spacial score (nSPS) is 24.9. The zero-order valence-corrected chi connectivity index (χ0v) is 12.0. The fourth-order valence-electron chi connectivity index (χ4n) is 1.62. The maximum Gasteiger partial charge on any atom is 0.323 e. The van der Waals surface area contributed by atoms with Gasteiger partial charge in [-0.1, -0.05) is 11.6 Å². The molecule has 1 heterocycles. The van der Waals surface area contributed by atoms with Gasteiger partial charge < -0.3 is 20.3 Å². The Morgan fingerprint density at radius 2 is 2.14 bits per heavy atom. The van der Waals surface area contributed by atoms with Crippen molar-refractivity contribution in [3.63, 3.8) is 0 Å². The van der Waals surface area contributed by atoms with Crippen LogP contribution in [0.25, 0.3) is 0 Å². The average Bonchev–Trinajstić information content (AvgIpc) is 2.85. The standard InChI is InChI=1S/C10H15ClN2O5.CH2F2/c1-12-10(17)13(3-6(11)4-14)9-2-7(16)8(5-15)18-9;2-1-3/h3-4,7-9,15-16H,2,5H2,1H3,(H,12,17);1H2/b6-3+;. The van der Waals surface area contributed by atoms with E-state index in [4.69, 9.17) is 21.4 Å². The number of amides is 2. The minimum absolute atomic E-state index is 0.123. The van der Waals surface area contributed by atoms with E-state index in [-0.39, 0.29) is 18.1 Å². The van der Waals surface area contributed by atoms with E-state index in [2.05, 4.69) is 5.32 Å². The van der Waals surface area contributed by atoms with Crippen molar-refractivity contribution in [3.8, 4) is 0 Å². The Morgan fingerprint density at radius 1 is 1.57 bits per heavy atom. The van der Waals surface area contributed by atoms with Gasteiger partial charge in [-0.05, 0) is 0 Å². The van der Waals surface area contributed by atoms with Gasteiger partial charge >= 0.3 is 6.03 Å². The minimum Gasteiger partial charge on any atom is -0.394 e. The molecule has 21 heavy (non-hydrogen) atoms. The van der Waals surface area contributed by atoms with Crippen molar-refractivity contribution in [2.45, 2.75) is 24.9 Å². The molecule has 2 amide bonds. The quantitative estimate of drug-likeness (QED) is 0.507. The van der Waals surface area contributed by atoms with Gasteiger partial charge in [0.2, 0.25) is 6.93 Å². The van der Waals surface area contributed by atoms with Crippen LogP contribution >= 0.6 is 11.6 Å². The molecule has 0 spiro atoms. The van der Waals surface area contributed by atoms with Crippen molar-refractivity contribution in [2.24, 2.45) is 0 Å². The van der Waals surface area contributed by atoms with Gasteiger partial charge in [0.1, 0.15) is 12.3 Å². The molecule has 122 valence electrons. The van der Waals surface area contributed by atoms with E-state index >= 15 is 0 Å². The molecule has 7 nitrogen and oxygen atoms in total. The molecular formula is C11H17ClF2N2O5. The van der Waals surface area contributed by atoms with Gasteiger partial charge in [0.25, 0.3) is 0 Å². The molecule has 1 fully saturated rings. The molecule has 0 radical (unpaired) electrons. The van der Waals surface area contributed by atoms with E-state index < -0.39 is 31.4 Å². The summed E-state index contributed by atoms with van der Waals surface area (Å²) in [6.07, 6.45) is -0.804. The van der Waals surface area contributed by atoms with Gasteiger partial charge in [0.05, 0.1) is 17.7 Å². The van der Waals surface area contributed by atoms with Crippen molar-refractivity contribution in [1.29, 1.82) is 0 Å². The van der Waals surface area contributed by atoms with Crippen LogP contribution in [0, 0.1) is 0 Å². The van der Waals surface area contributed by atoms with Crippen LogP contribution in [0.2, 0.25) is 0 Å². The smallest absolute Gasteiger partial charge is 0.323 e. The number of halogens is 3. The van der Waals surface area contributed by atoms with Crippen LogP contribution in [0.15, 0.2) is 11.2 Å². The third kappa shape index (κ3) is 6.34. The molecule has 0 aromatic heterocycles. The first-order chi connectivity index (χ1) is 9.94. The molecular weight excluding hydrogens is 314 g/mol. The maximum absolute atomic E-state index is 11.6. The van der Waals surface area contributed by atoms with Crippen LogP contribution in [0.4, 0.5) is 13.6 Å². The summed E-state index contributed by atoms with van der Waals surface area (Å²) in [5.74, 6) is 0. The summed E-state index contributed by atoms with van der Waals surface area (Å²) < 4.78 is 24.5. The number of aldehydes is 1. The molecule has 3 atom stereocenters. The number of aliphatic hydroxyl groups excluding tert-OH is 2. The number of nitrogens with one attached hydrogen (secondary N) is 1. The summed E-state index contributed by atoms with van der Waals surface area (Å²) in [5.41, 5.74) is 0. The summed E-state index contributed by atoms with van der Waals surface area (Å²) in [4.78, 5) is 23.2. The molecule has 0 bridgehead atoms. The van der Waals surface area contributed by atoms with Gasteiger partial charge in [0.15, 0.2) is 6.29 Å². The van der Waals surface area contributed by atoms with Gasteiger partial charge in [0, 0.05) is 19.7 Å². The number of hydrogen-bond donors (Lipinski definition) is 3. The SMILES string of the molecule is CNC(=O)N(/C=C(/Cl)C=O)C1CC(O)C(CO)O1.FCF. The third-order valence-corrected chi connectivity index (χ3v) is 2.70. The molecule has 3 unspecified atom stereocenters. The summed E-state index contributed by atoms with van der Waals surface area (Å²) in [6.45, 7) is -2.11. The Morgan fingerprint density at radius 3 is 2.52 bits per heavy atom. The molecule has 0 aromatic rings. The summed E-state index contributed by atoms with van der Waals surface area (Å²) >= 11 is 5.55. The van der Waals surface area contributed by atoms with Crippen molar-refractivity contribution in [3.05, 3.63) is 11.2 Å². The van der Waals surface area contributed by atoms with Gasteiger partial charge in [-0.15, -0.1) is 0 Å². The Kier molecular flexibility index (Phi) is 9.80. The number of urea groups is 1. The lowest BCUT2D eigenvalue weighted by Crippen LogP contribution is -2.42. The number of hydrogen-bond acceptors (Lipinski definition) is 5. The van der Waals surface area contributed by atoms with Gasteiger partial charge in [-0.25, -0.2) is 13.6 Å². The van der Waals surface area contributed by atoms with Crippen LogP contribution in [-0.2, 0) is 9.53 Å². The fourth-order valence-corrected chi connectivity index (χ4v) is 1.72. The van der Waals surface area contributed by atoms with E-state index in [9.17, 15) is 23.5 Å². The van der Waals surface area contributed by atoms with E-state index in [1.165, 1.54) is 7.05 Å². The van der Waals surface area contributed by atoms with Crippen LogP contribution in [0.1, 0.15) is 6.42 Å². The number of carbonyl (C=O) groups is 2. The van der Waals surface area contributed by atoms with Crippen LogP contribution < -0.4 is 5.32 Å². The molecule has 1 rings (SSSR count). The Bertz CT molecular complexity index is 373. The largest absolute Gasteiger partial charge is 0.394 e. The van der Waals surface area contributed by atoms with E-state index in [0.29, 0.717) is 6.29 Å². The van der Waals surface area contributed by atoms with Crippen LogP contribution in [0.3, 0.4) is 0 Å². The fraction of sp³-hybridized carbons (Fsp3) is 0.636. The zero-order chi connectivity index (χ0) is 16.4. The first-order valence-corrected chi connectivity index (χ1v) is 6.21. The van der Waals surface area contributed by atoms with Crippen molar-refractivity contribution in [2.75, 3.05) is 20.6 Å². The Balaban J connectivity index is 0.00000122.